The van der Waals surface area contributed by atoms with Crippen LogP contribution in [-0.2, 0) is 0 Å². The normalized spacial score (nSPS) is 13.3. The third kappa shape index (κ3) is 3.05. The Morgan fingerprint density at radius 2 is 2.06 bits per heavy atom. The quantitative estimate of drug-likeness (QED) is 0.479. The minimum Gasteiger partial charge on any atom is -0.508 e. The zero-order valence-electron chi connectivity index (χ0n) is 9.86. The van der Waals surface area contributed by atoms with E-state index in [1.54, 1.807) is 19.3 Å². The molecule has 0 amide bonds. The lowest BCUT2D eigenvalue weighted by atomic mass is 10.2. The van der Waals surface area contributed by atoms with E-state index in [-0.39, 0.29) is 5.76 Å². The maximum Gasteiger partial charge on any atom is 0.113 e. The molecule has 1 N–H and O–H groups in total. The van der Waals surface area contributed by atoms with Gasteiger partial charge in [0.05, 0.1) is 0 Å². The molecule has 1 aromatic rings. The van der Waals surface area contributed by atoms with Gasteiger partial charge in [-0.25, -0.2) is 0 Å². The number of aliphatic hydroxyl groups excluding tert-OH is 1. The average molecular weight is 216 g/mol. The summed E-state index contributed by atoms with van der Waals surface area (Å²) in [5, 5.41) is 9.24. The molecule has 84 valence electrons. The molecular formula is C13H16N2O. The number of hydrogen-bond acceptors (Lipinski definition) is 3. The molecular weight excluding hydrogens is 200 g/mol. The van der Waals surface area contributed by atoms with Crippen molar-refractivity contribution in [3.8, 4) is 0 Å². The van der Waals surface area contributed by atoms with E-state index in [0.717, 1.165) is 17.0 Å². The number of hydrogen-bond donors (Lipinski definition) is 1. The van der Waals surface area contributed by atoms with E-state index in [1.807, 2.05) is 26.0 Å². The van der Waals surface area contributed by atoms with Crippen LogP contribution in [0.1, 0.15) is 26.3 Å². The number of aromatic nitrogens is 1. The minimum absolute atomic E-state index is 0.0558. The smallest absolute Gasteiger partial charge is 0.113 e. The molecule has 1 rings (SSSR count). The summed E-state index contributed by atoms with van der Waals surface area (Å²) in [6.07, 6.45) is 3.48. The van der Waals surface area contributed by atoms with Gasteiger partial charge in [-0.05, 0) is 26.8 Å². The van der Waals surface area contributed by atoms with Crippen molar-refractivity contribution >= 4 is 5.71 Å². The fourth-order valence-electron chi connectivity index (χ4n) is 1.19. The first-order valence-electron chi connectivity index (χ1n) is 5.03. The predicted molar refractivity (Wildman–Crippen MR) is 66.6 cm³/mol. The molecule has 0 aliphatic rings. The Hall–Kier alpha value is -1.90. The molecule has 0 fully saturated rings. The van der Waals surface area contributed by atoms with E-state index in [4.69, 9.17) is 0 Å². The zero-order chi connectivity index (χ0) is 12.1. The van der Waals surface area contributed by atoms with Gasteiger partial charge in [-0.15, -0.1) is 0 Å². The Kier molecular flexibility index (Phi) is 4.00. The van der Waals surface area contributed by atoms with Gasteiger partial charge in [0, 0.05) is 34.9 Å². The molecule has 0 aliphatic carbocycles. The molecule has 1 aromatic heterocycles. The summed E-state index contributed by atoms with van der Waals surface area (Å²) in [7, 11) is 0. The highest BCUT2D eigenvalue weighted by molar-refractivity contribution is 5.99. The topological polar surface area (TPSA) is 45.5 Å². The first-order valence-corrected chi connectivity index (χ1v) is 5.03. The van der Waals surface area contributed by atoms with Crippen LogP contribution in [0, 0.1) is 0 Å². The van der Waals surface area contributed by atoms with Gasteiger partial charge in [0.2, 0.25) is 0 Å². The Labute approximate surface area is 95.9 Å². The van der Waals surface area contributed by atoms with Crippen molar-refractivity contribution in [1.29, 1.82) is 0 Å². The summed E-state index contributed by atoms with van der Waals surface area (Å²) >= 11 is 0. The van der Waals surface area contributed by atoms with Crippen molar-refractivity contribution in [2.75, 3.05) is 0 Å². The van der Waals surface area contributed by atoms with Crippen LogP contribution in [0.4, 0.5) is 0 Å². The number of allylic oxidation sites excluding steroid dienone is 2. The second kappa shape index (κ2) is 5.26. The van der Waals surface area contributed by atoms with Crippen LogP contribution in [0.5, 0.6) is 0 Å². The predicted octanol–water partition coefficient (Wildman–Crippen LogP) is 3.26. The van der Waals surface area contributed by atoms with Crippen molar-refractivity contribution in [2.24, 2.45) is 4.99 Å². The molecule has 0 saturated heterocycles. The summed E-state index contributed by atoms with van der Waals surface area (Å²) in [5.74, 6) is 0.0558. The van der Waals surface area contributed by atoms with Crippen molar-refractivity contribution in [1.82, 2.24) is 4.98 Å². The Morgan fingerprint density at radius 3 is 2.56 bits per heavy atom. The van der Waals surface area contributed by atoms with Gasteiger partial charge < -0.3 is 5.11 Å². The Morgan fingerprint density at radius 1 is 1.38 bits per heavy atom. The summed E-state index contributed by atoms with van der Waals surface area (Å²) in [5.41, 5.74) is 3.29. The summed E-state index contributed by atoms with van der Waals surface area (Å²) in [6.45, 7) is 9.02. The van der Waals surface area contributed by atoms with Gasteiger partial charge in [0.1, 0.15) is 5.76 Å². The van der Waals surface area contributed by atoms with E-state index >= 15 is 0 Å². The highest BCUT2D eigenvalue weighted by Crippen LogP contribution is 2.12. The SMILES string of the molecule is C=C(O)/C(C)=C(C)/N=C(\C)c1cccnc1. The molecule has 0 unspecified atom stereocenters. The maximum absolute atomic E-state index is 9.24. The highest BCUT2D eigenvalue weighted by atomic mass is 16.3. The third-order valence-electron chi connectivity index (χ3n) is 2.39. The van der Waals surface area contributed by atoms with E-state index in [2.05, 4.69) is 16.6 Å². The first kappa shape index (κ1) is 12.2. The third-order valence-corrected chi connectivity index (χ3v) is 2.39. The largest absolute Gasteiger partial charge is 0.508 e. The van der Waals surface area contributed by atoms with E-state index < -0.39 is 0 Å². The molecule has 0 aliphatic heterocycles. The number of rotatable bonds is 3. The van der Waals surface area contributed by atoms with Crippen LogP contribution < -0.4 is 0 Å². The van der Waals surface area contributed by atoms with Crippen molar-refractivity contribution in [3.05, 3.63) is 53.7 Å². The fourth-order valence-corrected chi connectivity index (χ4v) is 1.19. The molecule has 0 atom stereocenters. The number of aliphatic imine (C=N–C) groups is 1. The van der Waals surface area contributed by atoms with Gasteiger partial charge in [0.25, 0.3) is 0 Å². The fraction of sp³-hybridized carbons (Fsp3) is 0.231. The Balaban J connectivity index is 3.03. The van der Waals surface area contributed by atoms with Crippen LogP contribution in [0.25, 0.3) is 0 Å². The average Bonchev–Trinajstić information content (AvgIpc) is 2.28. The van der Waals surface area contributed by atoms with Crippen molar-refractivity contribution < 1.29 is 5.11 Å². The van der Waals surface area contributed by atoms with E-state index in [9.17, 15) is 5.11 Å². The molecule has 0 spiro atoms. The standard InChI is InChI=1S/C13H16N2O/c1-9(12(4)16)10(2)15-11(3)13-6-5-7-14-8-13/h5-8,16H,4H2,1-3H3/b10-9+,15-11+. The summed E-state index contributed by atoms with van der Waals surface area (Å²) in [6, 6.07) is 3.81. The number of pyridine rings is 1. The summed E-state index contributed by atoms with van der Waals surface area (Å²) < 4.78 is 0. The number of aliphatic hydroxyl groups is 1. The van der Waals surface area contributed by atoms with E-state index in [0.29, 0.717) is 5.57 Å². The molecule has 0 bridgehead atoms. The Bertz CT molecular complexity index is 444. The summed E-state index contributed by atoms with van der Waals surface area (Å²) in [4.78, 5) is 8.43. The van der Waals surface area contributed by atoms with Crippen LogP contribution in [0.15, 0.2) is 53.1 Å². The number of nitrogens with zero attached hydrogens (tertiary/aromatic N) is 2. The molecule has 1 heterocycles. The zero-order valence-corrected chi connectivity index (χ0v) is 9.86. The first-order chi connectivity index (χ1) is 7.52. The second-order valence-electron chi connectivity index (χ2n) is 3.60. The molecule has 0 saturated carbocycles. The maximum atomic E-state index is 9.24. The van der Waals surface area contributed by atoms with Gasteiger partial charge in [-0.2, -0.15) is 0 Å². The van der Waals surface area contributed by atoms with Crippen LogP contribution in [0.2, 0.25) is 0 Å². The van der Waals surface area contributed by atoms with Gasteiger partial charge in [0.15, 0.2) is 0 Å². The van der Waals surface area contributed by atoms with Crippen molar-refractivity contribution in [2.45, 2.75) is 20.8 Å². The van der Waals surface area contributed by atoms with Crippen LogP contribution in [0.3, 0.4) is 0 Å². The van der Waals surface area contributed by atoms with Gasteiger partial charge >= 0.3 is 0 Å². The van der Waals surface area contributed by atoms with Gasteiger partial charge in [-0.3, -0.25) is 9.98 Å². The lowest BCUT2D eigenvalue weighted by Gasteiger charge is -2.04. The molecule has 3 heteroatoms. The molecule has 0 radical (unpaired) electrons. The van der Waals surface area contributed by atoms with Crippen LogP contribution >= 0.6 is 0 Å². The highest BCUT2D eigenvalue weighted by Gasteiger charge is 2.01. The van der Waals surface area contributed by atoms with Crippen LogP contribution in [-0.4, -0.2) is 15.8 Å². The molecule has 0 aromatic carbocycles. The lowest BCUT2D eigenvalue weighted by Crippen LogP contribution is -1.96. The molecule has 3 nitrogen and oxygen atoms in total. The minimum atomic E-state index is 0.0558. The molecule has 16 heavy (non-hydrogen) atoms. The second-order valence-corrected chi connectivity index (χ2v) is 3.60. The monoisotopic (exact) mass is 216 g/mol. The lowest BCUT2D eigenvalue weighted by molar-refractivity contribution is 0.425. The van der Waals surface area contributed by atoms with Gasteiger partial charge in [-0.1, -0.05) is 12.6 Å². The van der Waals surface area contributed by atoms with Crippen molar-refractivity contribution in [3.63, 3.8) is 0 Å². The van der Waals surface area contributed by atoms with E-state index in [1.165, 1.54) is 0 Å².